The van der Waals surface area contributed by atoms with Crippen LogP contribution in [0.1, 0.15) is 24.9 Å². The molecule has 0 aliphatic carbocycles. The highest BCUT2D eigenvalue weighted by Crippen LogP contribution is 2.31. The molecular weight excluding hydrogens is 196 g/mol. The van der Waals surface area contributed by atoms with Gasteiger partial charge in [-0.25, -0.2) is 0 Å². The SMILES string of the molecule is CCNC1CCNc2ccc(Cl)cc21. The van der Waals surface area contributed by atoms with E-state index < -0.39 is 0 Å². The van der Waals surface area contributed by atoms with Crippen LogP contribution in [0.4, 0.5) is 5.69 Å². The van der Waals surface area contributed by atoms with E-state index in [0.717, 1.165) is 24.5 Å². The molecule has 1 unspecified atom stereocenters. The number of nitrogens with one attached hydrogen (secondary N) is 2. The zero-order valence-electron chi connectivity index (χ0n) is 8.31. The van der Waals surface area contributed by atoms with Gasteiger partial charge in [-0.15, -0.1) is 0 Å². The van der Waals surface area contributed by atoms with Crippen LogP contribution in [0.25, 0.3) is 0 Å². The lowest BCUT2D eigenvalue weighted by Gasteiger charge is -2.27. The predicted octanol–water partition coefficient (Wildman–Crippen LogP) is 2.81. The second-order valence-corrected chi connectivity index (χ2v) is 3.99. The number of rotatable bonds is 2. The third-order valence-electron chi connectivity index (χ3n) is 2.59. The van der Waals surface area contributed by atoms with Gasteiger partial charge in [-0.05, 0) is 36.7 Å². The number of benzene rings is 1. The van der Waals surface area contributed by atoms with E-state index in [9.17, 15) is 0 Å². The number of fused-ring (bicyclic) bond motifs is 1. The van der Waals surface area contributed by atoms with E-state index >= 15 is 0 Å². The summed E-state index contributed by atoms with van der Waals surface area (Å²) < 4.78 is 0. The standard InChI is InChI=1S/C11H15ClN2/c1-2-13-11-5-6-14-10-4-3-8(12)7-9(10)11/h3-4,7,11,13-14H,2,5-6H2,1H3. The van der Waals surface area contributed by atoms with Crippen LogP contribution in [-0.4, -0.2) is 13.1 Å². The molecule has 0 fully saturated rings. The molecule has 1 heterocycles. The summed E-state index contributed by atoms with van der Waals surface area (Å²) in [4.78, 5) is 0. The number of hydrogen-bond donors (Lipinski definition) is 2. The van der Waals surface area contributed by atoms with Crippen molar-refractivity contribution < 1.29 is 0 Å². The lowest BCUT2D eigenvalue weighted by Crippen LogP contribution is -2.27. The van der Waals surface area contributed by atoms with Crippen molar-refractivity contribution in [2.75, 3.05) is 18.4 Å². The summed E-state index contributed by atoms with van der Waals surface area (Å²) in [6.45, 7) is 4.16. The van der Waals surface area contributed by atoms with E-state index in [2.05, 4.69) is 29.7 Å². The smallest absolute Gasteiger partial charge is 0.0410 e. The summed E-state index contributed by atoms with van der Waals surface area (Å²) in [5, 5.41) is 7.66. The molecule has 2 rings (SSSR count). The predicted molar refractivity (Wildman–Crippen MR) is 61.0 cm³/mol. The van der Waals surface area contributed by atoms with Gasteiger partial charge in [-0.3, -0.25) is 0 Å². The van der Waals surface area contributed by atoms with Crippen LogP contribution in [0.3, 0.4) is 0 Å². The normalized spacial score (nSPS) is 20.0. The van der Waals surface area contributed by atoms with Crippen molar-refractivity contribution in [3.8, 4) is 0 Å². The van der Waals surface area contributed by atoms with Gasteiger partial charge in [-0.2, -0.15) is 0 Å². The molecule has 0 amide bonds. The molecule has 0 spiro atoms. The van der Waals surface area contributed by atoms with E-state index in [1.165, 1.54) is 11.3 Å². The minimum atomic E-state index is 0.454. The fourth-order valence-electron chi connectivity index (χ4n) is 1.95. The molecule has 2 nitrogen and oxygen atoms in total. The molecule has 1 atom stereocenters. The van der Waals surface area contributed by atoms with Crippen LogP contribution in [0.15, 0.2) is 18.2 Å². The van der Waals surface area contributed by atoms with Crippen molar-refractivity contribution in [2.24, 2.45) is 0 Å². The second-order valence-electron chi connectivity index (χ2n) is 3.56. The highest BCUT2D eigenvalue weighted by molar-refractivity contribution is 6.30. The van der Waals surface area contributed by atoms with Gasteiger partial charge in [0, 0.05) is 23.3 Å². The average Bonchev–Trinajstić information content (AvgIpc) is 2.19. The molecule has 1 aliphatic rings. The Morgan fingerprint density at radius 3 is 3.21 bits per heavy atom. The van der Waals surface area contributed by atoms with Crippen molar-refractivity contribution in [1.82, 2.24) is 5.32 Å². The van der Waals surface area contributed by atoms with Gasteiger partial charge in [0.2, 0.25) is 0 Å². The molecule has 2 N–H and O–H groups in total. The Morgan fingerprint density at radius 1 is 1.57 bits per heavy atom. The highest BCUT2D eigenvalue weighted by atomic mass is 35.5. The zero-order chi connectivity index (χ0) is 9.97. The number of anilines is 1. The first-order chi connectivity index (χ1) is 6.81. The third kappa shape index (κ3) is 1.86. The molecule has 76 valence electrons. The molecule has 0 aromatic heterocycles. The summed E-state index contributed by atoms with van der Waals surface area (Å²) in [5.74, 6) is 0. The maximum Gasteiger partial charge on any atom is 0.0410 e. The second kappa shape index (κ2) is 4.20. The van der Waals surface area contributed by atoms with Gasteiger partial charge < -0.3 is 10.6 Å². The van der Waals surface area contributed by atoms with Crippen LogP contribution in [0.5, 0.6) is 0 Å². The van der Waals surface area contributed by atoms with Crippen LogP contribution >= 0.6 is 11.6 Å². The summed E-state index contributed by atoms with van der Waals surface area (Å²) in [6.07, 6.45) is 1.13. The molecule has 1 aromatic rings. The maximum absolute atomic E-state index is 5.99. The Bertz CT molecular complexity index is 325. The summed E-state index contributed by atoms with van der Waals surface area (Å²) in [7, 11) is 0. The number of halogens is 1. The highest BCUT2D eigenvalue weighted by Gasteiger charge is 2.18. The van der Waals surface area contributed by atoms with Gasteiger partial charge in [0.15, 0.2) is 0 Å². The third-order valence-corrected chi connectivity index (χ3v) is 2.82. The molecule has 3 heteroatoms. The Balaban J connectivity index is 2.32. The fourth-order valence-corrected chi connectivity index (χ4v) is 2.13. The van der Waals surface area contributed by atoms with Gasteiger partial charge in [0.05, 0.1) is 0 Å². The molecule has 0 bridgehead atoms. The van der Waals surface area contributed by atoms with Crippen molar-refractivity contribution in [3.05, 3.63) is 28.8 Å². The lowest BCUT2D eigenvalue weighted by molar-refractivity contribution is 0.517. The monoisotopic (exact) mass is 210 g/mol. The first-order valence-electron chi connectivity index (χ1n) is 5.08. The van der Waals surface area contributed by atoms with Crippen LogP contribution < -0.4 is 10.6 Å². The molecular formula is C11H15ClN2. The number of hydrogen-bond acceptors (Lipinski definition) is 2. The van der Waals surface area contributed by atoms with E-state index in [1.54, 1.807) is 0 Å². The fraction of sp³-hybridized carbons (Fsp3) is 0.455. The minimum absolute atomic E-state index is 0.454. The minimum Gasteiger partial charge on any atom is -0.385 e. The zero-order valence-corrected chi connectivity index (χ0v) is 9.06. The summed E-state index contributed by atoms with van der Waals surface area (Å²) in [5.41, 5.74) is 2.51. The molecule has 1 aliphatic heterocycles. The molecule has 0 saturated heterocycles. The molecule has 1 aromatic carbocycles. The van der Waals surface area contributed by atoms with Crippen LogP contribution in [-0.2, 0) is 0 Å². The van der Waals surface area contributed by atoms with E-state index in [0.29, 0.717) is 6.04 Å². The molecule has 14 heavy (non-hydrogen) atoms. The van der Waals surface area contributed by atoms with Crippen LogP contribution in [0.2, 0.25) is 5.02 Å². The van der Waals surface area contributed by atoms with Crippen LogP contribution in [0, 0.1) is 0 Å². The Morgan fingerprint density at radius 2 is 2.43 bits per heavy atom. The van der Waals surface area contributed by atoms with Gasteiger partial charge in [-0.1, -0.05) is 18.5 Å². The quantitative estimate of drug-likeness (QED) is 0.785. The average molecular weight is 211 g/mol. The Kier molecular flexibility index (Phi) is 2.94. The van der Waals surface area contributed by atoms with E-state index in [4.69, 9.17) is 11.6 Å². The van der Waals surface area contributed by atoms with Crippen molar-refractivity contribution in [1.29, 1.82) is 0 Å². The van der Waals surface area contributed by atoms with Gasteiger partial charge >= 0.3 is 0 Å². The topological polar surface area (TPSA) is 24.1 Å². The lowest BCUT2D eigenvalue weighted by atomic mass is 9.98. The first kappa shape index (κ1) is 9.81. The van der Waals surface area contributed by atoms with Gasteiger partial charge in [0.25, 0.3) is 0 Å². The first-order valence-corrected chi connectivity index (χ1v) is 5.45. The summed E-state index contributed by atoms with van der Waals surface area (Å²) in [6, 6.07) is 6.49. The molecule has 0 saturated carbocycles. The van der Waals surface area contributed by atoms with Crippen molar-refractivity contribution >= 4 is 17.3 Å². The summed E-state index contributed by atoms with van der Waals surface area (Å²) >= 11 is 5.99. The van der Waals surface area contributed by atoms with Crippen molar-refractivity contribution in [3.63, 3.8) is 0 Å². The van der Waals surface area contributed by atoms with E-state index in [-0.39, 0.29) is 0 Å². The Labute approximate surface area is 89.7 Å². The van der Waals surface area contributed by atoms with Gasteiger partial charge in [0.1, 0.15) is 0 Å². The molecule has 0 radical (unpaired) electrons. The van der Waals surface area contributed by atoms with E-state index in [1.807, 2.05) is 6.07 Å². The maximum atomic E-state index is 5.99. The Hall–Kier alpha value is -0.730. The van der Waals surface area contributed by atoms with Crippen molar-refractivity contribution in [2.45, 2.75) is 19.4 Å². The largest absolute Gasteiger partial charge is 0.385 e.